The zero-order valence-electron chi connectivity index (χ0n) is 15.4. The number of hydrogen-bond donors (Lipinski definition) is 2. The summed E-state index contributed by atoms with van der Waals surface area (Å²) in [5.41, 5.74) is 3.07. The number of nitrogens with one attached hydrogen (secondary N) is 2. The van der Waals surface area contributed by atoms with Gasteiger partial charge in [0.15, 0.2) is 11.5 Å². The van der Waals surface area contributed by atoms with Gasteiger partial charge in [-0.25, -0.2) is 4.79 Å². The van der Waals surface area contributed by atoms with E-state index in [0.717, 1.165) is 40.6 Å². The average molecular weight is 362 g/mol. The van der Waals surface area contributed by atoms with Crippen LogP contribution in [0.3, 0.4) is 0 Å². The van der Waals surface area contributed by atoms with E-state index < -0.39 is 0 Å². The average Bonchev–Trinajstić information content (AvgIpc) is 3.08. The maximum Gasteiger partial charge on any atom is 0.319 e. The Bertz CT molecular complexity index is 995. The third-order valence-electron chi connectivity index (χ3n) is 5.07. The van der Waals surface area contributed by atoms with Gasteiger partial charge in [-0.2, -0.15) is 0 Å². The van der Waals surface area contributed by atoms with Crippen molar-refractivity contribution in [1.82, 2.24) is 5.32 Å². The van der Waals surface area contributed by atoms with Crippen molar-refractivity contribution in [3.05, 3.63) is 65.7 Å². The van der Waals surface area contributed by atoms with Gasteiger partial charge >= 0.3 is 6.03 Å². The molecule has 5 nitrogen and oxygen atoms in total. The van der Waals surface area contributed by atoms with Gasteiger partial charge in [0.2, 0.25) is 0 Å². The predicted octanol–water partition coefficient (Wildman–Crippen LogP) is 4.67. The Morgan fingerprint density at radius 1 is 1.00 bits per heavy atom. The van der Waals surface area contributed by atoms with Crippen molar-refractivity contribution in [2.24, 2.45) is 0 Å². The third-order valence-corrected chi connectivity index (χ3v) is 5.07. The van der Waals surface area contributed by atoms with Crippen molar-refractivity contribution in [2.75, 3.05) is 19.5 Å². The van der Waals surface area contributed by atoms with Crippen LogP contribution in [0.25, 0.3) is 10.8 Å². The Morgan fingerprint density at radius 3 is 2.56 bits per heavy atom. The summed E-state index contributed by atoms with van der Waals surface area (Å²) in [4.78, 5) is 12.6. The lowest BCUT2D eigenvalue weighted by atomic mass is 10.1. The highest BCUT2D eigenvalue weighted by Gasteiger charge is 2.26. The largest absolute Gasteiger partial charge is 0.493 e. The highest BCUT2D eigenvalue weighted by molar-refractivity contribution is 6.01. The smallest absolute Gasteiger partial charge is 0.319 e. The first-order valence-electron chi connectivity index (χ1n) is 8.99. The number of fused-ring (bicyclic) bond motifs is 2. The van der Waals surface area contributed by atoms with Crippen molar-refractivity contribution < 1.29 is 14.3 Å². The van der Waals surface area contributed by atoms with E-state index in [9.17, 15) is 4.79 Å². The maximum absolute atomic E-state index is 12.6. The molecule has 1 aliphatic rings. The molecule has 3 aromatic rings. The van der Waals surface area contributed by atoms with Crippen molar-refractivity contribution >= 4 is 22.5 Å². The van der Waals surface area contributed by atoms with Crippen LogP contribution in [0.1, 0.15) is 23.6 Å². The molecule has 0 fully saturated rings. The fourth-order valence-electron chi connectivity index (χ4n) is 3.73. The summed E-state index contributed by atoms with van der Waals surface area (Å²) in [7, 11) is 3.25. The van der Waals surface area contributed by atoms with Crippen LogP contribution in [0, 0.1) is 0 Å². The van der Waals surface area contributed by atoms with Gasteiger partial charge in [0.25, 0.3) is 0 Å². The first-order valence-corrected chi connectivity index (χ1v) is 8.99. The molecule has 27 heavy (non-hydrogen) atoms. The van der Waals surface area contributed by atoms with E-state index in [2.05, 4.69) is 10.6 Å². The van der Waals surface area contributed by atoms with Crippen LogP contribution in [0.2, 0.25) is 0 Å². The van der Waals surface area contributed by atoms with Crippen LogP contribution >= 0.6 is 0 Å². The van der Waals surface area contributed by atoms with Crippen molar-refractivity contribution in [3.63, 3.8) is 0 Å². The lowest BCUT2D eigenvalue weighted by Crippen LogP contribution is -2.31. The molecule has 0 saturated heterocycles. The molecule has 0 aliphatic heterocycles. The molecule has 0 radical (unpaired) electrons. The standard InChI is InChI=1S/C22H22N2O3/c1-26-20-12-15-10-11-19(17(15)13-21(20)27-2)24-22(25)23-18-9-5-7-14-6-3-4-8-16(14)18/h3-9,12-13,19H,10-11H2,1-2H3,(H2,23,24,25)/t19-/m0/s1. The maximum atomic E-state index is 12.6. The second kappa shape index (κ2) is 7.19. The van der Waals surface area contributed by atoms with Crippen LogP contribution < -0.4 is 20.1 Å². The molecule has 0 spiro atoms. The molecule has 1 atom stereocenters. The molecule has 0 saturated carbocycles. The van der Waals surface area contributed by atoms with Crippen LogP contribution in [-0.2, 0) is 6.42 Å². The molecule has 3 aromatic carbocycles. The number of amides is 2. The molecular weight excluding hydrogens is 340 g/mol. The number of urea groups is 1. The van der Waals surface area contributed by atoms with Gasteiger partial charge in [0.1, 0.15) is 0 Å². The minimum Gasteiger partial charge on any atom is -0.493 e. The normalized spacial score (nSPS) is 15.3. The lowest BCUT2D eigenvalue weighted by Gasteiger charge is -2.17. The minimum absolute atomic E-state index is 0.0465. The van der Waals surface area contributed by atoms with Gasteiger partial charge in [0.05, 0.1) is 25.9 Å². The van der Waals surface area contributed by atoms with E-state index in [0.29, 0.717) is 5.75 Å². The quantitative estimate of drug-likeness (QED) is 0.709. The van der Waals surface area contributed by atoms with Gasteiger partial charge in [-0.15, -0.1) is 0 Å². The van der Waals surface area contributed by atoms with Crippen molar-refractivity contribution in [3.8, 4) is 11.5 Å². The van der Waals surface area contributed by atoms with Crippen molar-refractivity contribution in [1.29, 1.82) is 0 Å². The van der Waals surface area contributed by atoms with Gasteiger partial charge in [-0.05, 0) is 47.6 Å². The zero-order chi connectivity index (χ0) is 18.8. The minimum atomic E-state index is -0.209. The molecule has 0 heterocycles. The van der Waals surface area contributed by atoms with E-state index in [1.165, 1.54) is 5.56 Å². The second-order valence-electron chi connectivity index (χ2n) is 6.62. The molecule has 4 rings (SSSR count). The number of anilines is 1. The topological polar surface area (TPSA) is 59.6 Å². The van der Waals surface area contributed by atoms with E-state index in [4.69, 9.17) is 9.47 Å². The summed E-state index contributed by atoms with van der Waals surface area (Å²) >= 11 is 0. The van der Waals surface area contributed by atoms with Crippen LogP contribution in [-0.4, -0.2) is 20.3 Å². The summed E-state index contributed by atoms with van der Waals surface area (Å²) < 4.78 is 10.8. The van der Waals surface area contributed by atoms with Crippen LogP contribution in [0.5, 0.6) is 11.5 Å². The highest BCUT2D eigenvalue weighted by atomic mass is 16.5. The monoisotopic (exact) mass is 362 g/mol. The van der Waals surface area contributed by atoms with Crippen LogP contribution in [0.4, 0.5) is 10.5 Å². The summed E-state index contributed by atoms with van der Waals surface area (Å²) in [5, 5.41) is 8.20. The van der Waals surface area contributed by atoms with Gasteiger partial charge in [0, 0.05) is 5.39 Å². The Morgan fingerprint density at radius 2 is 1.74 bits per heavy atom. The Labute approximate surface area is 158 Å². The number of rotatable bonds is 4. The van der Waals surface area contributed by atoms with Crippen molar-refractivity contribution in [2.45, 2.75) is 18.9 Å². The van der Waals surface area contributed by atoms with E-state index in [1.54, 1.807) is 14.2 Å². The molecule has 2 N–H and O–H groups in total. The van der Waals surface area contributed by atoms with Gasteiger partial charge in [-0.1, -0.05) is 36.4 Å². The van der Waals surface area contributed by atoms with Crippen LogP contribution in [0.15, 0.2) is 54.6 Å². The number of benzene rings is 3. The predicted molar refractivity (Wildman–Crippen MR) is 107 cm³/mol. The number of carbonyl (C=O) groups is 1. The zero-order valence-corrected chi connectivity index (χ0v) is 15.4. The Balaban J connectivity index is 1.53. The summed E-state index contributed by atoms with van der Waals surface area (Å²) in [6.45, 7) is 0. The Hall–Kier alpha value is -3.21. The number of hydrogen-bond acceptors (Lipinski definition) is 3. The highest BCUT2D eigenvalue weighted by Crippen LogP contribution is 2.39. The number of aryl methyl sites for hydroxylation is 1. The molecule has 0 unspecified atom stereocenters. The summed E-state index contributed by atoms with van der Waals surface area (Å²) in [5.74, 6) is 1.40. The van der Waals surface area contributed by atoms with Gasteiger partial charge < -0.3 is 20.1 Å². The van der Waals surface area contributed by atoms with E-state index >= 15 is 0 Å². The summed E-state index contributed by atoms with van der Waals surface area (Å²) in [6.07, 6.45) is 1.75. The third kappa shape index (κ3) is 3.28. The Kier molecular flexibility index (Phi) is 4.59. The molecule has 138 valence electrons. The first kappa shape index (κ1) is 17.2. The molecule has 2 amide bonds. The number of methoxy groups -OCH3 is 2. The fraction of sp³-hybridized carbons (Fsp3) is 0.227. The lowest BCUT2D eigenvalue weighted by molar-refractivity contribution is 0.248. The fourth-order valence-corrected chi connectivity index (χ4v) is 3.73. The molecular formula is C22H22N2O3. The summed E-state index contributed by atoms with van der Waals surface area (Å²) in [6, 6.07) is 17.6. The van der Waals surface area contributed by atoms with E-state index in [1.807, 2.05) is 54.6 Å². The molecule has 0 aromatic heterocycles. The van der Waals surface area contributed by atoms with E-state index in [-0.39, 0.29) is 12.1 Å². The molecule has 0 bridgehead atoms. The second-order valence-corrected chi connectivity index (χ2v) is 6.62. The molecule has 1 aliphatic carbocycles. The SMILES string of the molecule is COc1cc2c(cc1OC)[C@@H](NC(=O)Nc1cccc3ccccc13)CC2. The first-order chi connectivity index (χ1) is 13.2. The number of ether oxygens (including phenoxy) is 2. The molecule has 5 heteroatoms. The van der Waals surface area contributed by atoms with Gasteiger partial charge in [-0.3, -0.25) is 0 Å². The number of carbonyl (C=O) groups excluding carboxylic acids is 1.